The zero-order chi connectivity index (χ0) is 21.6. The second kappa shape index (κ2) is 10.1. The van der Waals surface area contributed by atoms with Gasteiger partial charge in [0.05, 0.1) is 17.7 Å². The van der Waals surface area contributed by atoms with E-state index in [-0.39, 0.29) is 23.2 Å². The summed E-state index contributed by atoms with van der Waals surface area (Å²) >= 11 is 5.89. The zero-order valence-corrected chi connectivity index (χ0v) is 17.9. The van der Waals surface area contributed by atoms with Gasteiger partial charge < -0.3 is 5.11 Å². The molecule has 1 amide bonds. The quantitative estimate of drug-likeness (QED) is 0.499. The first-order chi connectivity index (χ1) is 14.4. The normalized spacial score (nSPS) is 15.5. The highest BCUT2D eigenvalue weighted by Gasteiger charge is 2.33. The minimum Gasteiger partial charge on any atom is -0.508 e. The van der Waals surface area contributed by atoms with Gasteiger partial charge in [-0.05, 0) is 66.9 Å². The third kappa shape index (κ3) is 5.81. The number of carbonyl (C=O) groups is 1. The largest absolute Gasteiger partial charge is 0.508 e. The number of carbonyl (C=O) groups excluding carboxylic acids is 1. The predicted octanol–water partition coefficient (Wildman–Crippen LogP) is 3.52. The van der Waals surface area contributed by atoms with Crippen molar-refractivity contribution in [3.05, 3.63) is 59.1 Å². The highest BCUT2D eigenvalue weighted by molar-refractivity contribution is 7.89. The fraction of sp³-hybridized carbons (Fsp3) is 0.333. The van der Waals surface area contributed by atoms with Crippen LogP contribution in [0.4, 0.5) is 0 Å². The molecule has 160 valence electrons. The fourth-order valence-corrected chi connectivity index (χ4v) is 5.20. The first kappa shape index (κ1) is 22.3. The van der Waals surface area contributed by atoms with Gasteiger partial charge in [-0.2, -0.15) is 9.41 Å². The minimum absolute atomic E-state index is 0.109. The van der Waals surface area contributed by atoms with E-state index in [1.807, 2.05) is 0 Å². The van der Waals surface area contributed by atoms with Crippen molar-refractivity contribution in [2.24, 2.45) is 5.10 Å². The molecule has 7 nitrogen and oxygen atoms in total. The topological polar surface area (TPSA) is 99.1 Å². The van der Waals surface area contributed by atoms with Crippen molar-refractivity contribution in [2.75, 3.05) is 6.54 Å². The van der Waals surface area contributed by atoms with Crippen LogP contribution in [0.15, 0.2) is 58.5 Å². The molecule has 2 aromatic rings. The van der Waals surface area contributed by atoms with Crippen LogP contribution in [-0.2, 0) is 14.8 Å². The van der Waals surface area contributed by atoms with Gasteiger partial charge in [-0.15, -0.1) is 0 Å². The number of hydrogen-bond donors (Lipinski definition) is 2. The van der Waals surface area contributed by atoms with Gasteiger partial charge in [-0.25, -0.2) is 13.8 Å². The third-order valence-corrected chi connectivity index (χ3v) is 7.16. The van der Waals surface area contributed by atoms with Crippen LogP contribution in [0.2, 0.25) is 5.02 Å². The van der Waals surface area contributed by atoms with Gasteiger partial charge >= 0.3 is 0 Å². The number of benzene rings is 2. The molecule has 9 heteroatoms. The second-order valence-electron chi connectivity index (χ2n) is 7.18. The average molecular weight is 450 g/mol. The lowest BCUT2D eigenvalue weighted by molar-refractivity contribution is -0.121. The predicted molar refractivity (Wildman–Crippen MR) is 116 cm³/mol. The molecule has 0 aliphatic heterocycles. The number of hydrogen-bond acceptors (Lipinski definition) is 5. The van der Waals surface area contributed by atoms with Crippen molar-refractivity contribution >= 4 is 33.7 Å². The zero-order valence-electron chi connectivity index (χ0n) is 16.4. The number of halogens is 1. The Morgan fingerprint density at radius 1 is 1.10 bits per heavy atom. The van der Waals surface area contributed by atoms with Gasteiger partial charge in [0.1, 0.15) is 5.75 Å². The molecular formula is C21H24ClN3O4S. The number of hydrazone groups is 1. The monoisotopic (exact) mass is 449 g/mol. The summed E-state index contributed by atoms with van der Waals surface area (Å²) in [7, 11) is -3.86. The SMILES string of the molecule is O=C(CN(C1CCCCC1)S(=O)(=O)c1ccc(Cl)cc1)N/N=C\c1ccc(O)cc1. The Morgan fingerprint density at radius 2 is 1.73 bits per heavy atom. The maximum atomic E-state index is 13.2. The molecule has 0 unspecified atom stereocenters. The summed E-state index contributed by atoms with van der Waals surface area (Å²) in [6, 6.07) is 12.0. The molecule has 0 bridgehead atoms. The number of phenols is 1. The summed E-state index contributed by atoms with van der Waals surface area (Å²) in [5, 5.41) is 13.6. The molecule has 1 fully saturated rings. The Balaban J connectivity index is 1.74. The Labute approximate surface area is 181 Å². The first-order valence-electron chi connectivity index (χ1n) is 9.74. The molecule has 0 saturated heterocycles. The minimum atomic E-state index is -3.86. The van der Waals surface area contributed by atoms with Crippen molar-refractivity contribution in [3.8, 4) is 5.75 Å². The van der Waals surface area contributed by atoms with Crippen LogP contribution in [0.25, 0.3) is 0 Å². The summed E-state index contributed by atoms with van der Waals surface area (Å²) in [6.45, 7) is -0.317. The van der Waals surface area contributed by atoms with Crippen molar-refractivity contribution in [3.63, 3.8) is 0 Å². The smallest absolute Gasteiger partial charge is 0.255 e. The maximum Gasteiger partial charge on any atom is 0.255 e. The van der Waals surface area contributed by atoms with Crippen LogP contribution in [0.1, 0.15) is 37.7 Å². The summed E-state index contributed by atoms with van der Waals surface area (Å²) < 4.78 is 27.8. The molecule has 1 aliphatic carbocycles. The molecule has 0 heterocycles. The highest BCUT2D eigenvalue weighted by Crippen LogP contribution is 2.28. The second-order valence-corrected chi connectivity index (χ2v) is 9.51. The van der Waals surface area contributed by atoms with Crippen LogP contribution in [0.3, 0.4) is 0 Å². The van der Waals surface area contributed by atoms with Crippen LogP contribution in [-0.4, -0.2) is 42.5 Å². The Hall–Kier alpha value is -2.42. The molecule has 30 heavy (non-hydrogen) atoms. The van der Waals surface area contributed by atoms with E-state index in [1.54, 1.807) is 12.1 Å². The van der Waals surface area contributed by atoms with Crippen LogP contribution in [0.5, 0.6) is 5.75 Å². The van der Waals surface area contributed by atoms with Crippen molar-refractivity contribution in [1.29, 1.82) is 0 Å². The lowest BCUT2D eigenvalue weighted by atomic mass is 9.95. The molecule has 1 aliphatic rings. The molecule has 0 aromatic heterocycles. The van der Waals surface area contributed by atoms with Gasteiger partial charge in [0.15, 0.2) is 0 Å². The summed E-state index contributed by atoms with van der Waals surface area (Å²) in [6.07, 6.45) is 5.79. The third-order valence-electron chi connectivity index (χ3n) is 5.00. The van der Waals surface area contributed by atoms with E-state index >= 15 is 0 Å². The number of aromatic hydroxyl groups is 1. The van der Waals surface area contributed by atoms with E-state index in [4.69, 9.17) is 11.6 Å². The van der Waals surface area contributed by atoms with Crippen LogP contribution < -0.4 is 5.43 Å². The molecule has 2 N–H and O–H groups in total. The standard InChI is InChI=1S/C21H24ClN3O4S/c22-17-8-12-20(13-9-17)30(28,29)25(18-4-2-1-3-5-18)15-21(27)24-23-14-16-6-10-19(26)11-7-16/h6-14,18,26H,1-5,15H2,(H,24,27)/b23-14-. The number of phenolic OH excluding ortho intramolecular Hbond substituents is 1. The van der Waals surface area contributed by atoms with E-state index < -0.39 is 15.9 Å². The van der Waals surface area contributed by atoms with E-state index in [2.05, 4.69) is 10.5 Å². The Kier molecular flexibility index (Phi) is 7.47. The van der Waals surface area contributed by atoms with E-state index in [9.17, 15) is 18.3 Å². The van der Waals surface area contributed by atoms with Gasteiger partial charge in [-0.1, -0.05) is 30.9 Å². The molecule has 3 rings (SSSR count). The maximum absolute atomic E-state index is 13.2. The lowest BCUT2D eigenvalue weighted by Crippen LogP contribution is -2.46. The molecule has 1 saturated carbocycles. The Morgan fingerprint density at radius 3 is 2.37 bits per heavy atom. The summed E-state index contributed by atoms with van der Waals surface area (Å²) in [5.74, 6) is -0.389. The van der Waals surface area contributed by atoms with Gasteiger partial charge in [0.25, 0.3) is 5.91 Å². The van der Waals surface area contributed by atoms with Crippen molar-refractivity contribution < 1.29 is 18.3 Å². The van der Waals surface area contributed by atoms with Crippen LogP contribution in [0, 0.1) is 0 Å². The molecule has 0 radical (unpaired) electrons. The Bertz CT molecular complexity index is 986. The highest BCUT2D eigenvalue weighted by atomic mass is 35.5. The molecule has 2 aromatic carbocycles. The number of sulfonamides is 1. The first-order valence-corrected chi connectivity index (χ1v) is 11.6. The molecule has 0 spiro atoms. The van der Waals surface area contributed by atoms with E-state index in [0.29, 0.717) is 10.6 Å². The van der Waals surface area contributed by atoms with Gasteiger partial charge in [0.2, 0.25) is 10.0 Å². The number of nitrogens with one attached hydrogen (secondary N) is 1. The average Bonchev–Trinajstić information content (AvgIpc) is 2.74. The summed E-state index contributed by atoms with van der Waals surface area (Å²) in [4.78, 5) is 12.6. The van der Waals surface area contributed by atoms with Crippen molar-refractivity contribution in [1.82, 2.24) is 9.73 Å². The number of amides is 1. The number of rotatable bonds is 7. The molecule has 0 atom stereocenters. The van der Waals surface area contributed by atoms with Crippen LogP contribution >= 0.6 is 11.6 Å². The molecular weight excluding hydrogens is 426 g/mol. The fourth-order valence-electron chi connectivity index (χ4n) is 3.44. The van der Waals surface area contributed by atoms with Crippen molar-refractivity contribution in [2.45, 2.75) is 43.0 Å². The number of nitrogens with zero attached hydrogens (tertiary/aromatic N) is 2. The van der Waals surface area contributed by atoms with E-state index in [0.717, 1.165) is 32.1 Å². The van der Waals surface area contributed by atoms with Gasteiger partial charge in [0, 0.05) is 11.1 Å². The van der Waals surface area contributed by atoms with E-state index in [1.165, 1.54) is 46.9 Å². The summed E-state index contributed by atoms with van der Waals surface area (Å²) in [5.41, 5.74) is 3.07. The van der Waals surface area contributed by atoms with Gasteiger partial charge in [-0.3, -0.25) is 4.79 Å². The lowest BCUT2D eigenvalue weighted by Gasteiger charge is -2.32.